The van der Waals surface area contributed by atoms with Gasteiger partial charge in [-0.05, 0) is 35.7 Å². The third-order valence-electron chi connectivity index (χ3n) is 4.17. The lowest BCUT2D eigenvalue weighted by Gasteiger charge is -2.26. The molecule has 0 aliphatic carbocycles. The second-order valence-corrected chi connectivity index (χ2v) is 6.24. The first-order chi connectivity index (χ1) is 11.8. The Morgan fingerprint density at radius 3 is 2.92 bits per heavy atom. The maximum Gasteiger partial charge on any atom is 0.191 e. The van der Waals surface area contributed by atoms with Crippen LogP contribution < -0.4 is 15.4 Å². The van der Waals surface area contributed by atoms with Crippen molar-refractivity contribution in [1.29, 1.82) is 0 Å². The van der Waals surface area contributed by atoms with Gasteiger partial charge in [0.1, 0.15) is 5.75 Å². The van der Waals surface area contributed by atoms with Crippen molar-refractivity contribution in [3.05, 3.63) is 64.7 Å². The number of halogens is 1. The van der Waals surface area contributed by atoms with Crippen LogP contribution in [0.25, 0.3) is 0 Å². The van der Waals surface area contributed by atoms with Gasteiger partial charge in [-0.1, -0.05) is 41.9 Å². The van der Waals surface area contributed by atoms with Crippen LogP contribution in [0.1, 0.15) is 23.5 Å². The van der Waals surface area contributed by atoms with Crippen molar-refractivity contribution in [3.63, 3.8) is 0 Å². The molecule has 2 aromatic carbocycles. The van der Waals surface area contributed by atoms with Crippen molar-refractivity contribution >= 4 is 17.6 Å². The summed E-state index contributed by atoms with van der Waals surface area (Å²) in [7, 11) is 1.78. The summed E-state index contributed by atoms with van der Waals surface area (Å²) in [5.74, 6) is 2.22. The number of fused-ring (bicyclic) bond motifs is 1. The molecular formula is C19H22ClN3O. The van der Waals surface area contributed by atoms with Gasteiger partial charge in [-0.2, -0.15) is 0 Å². The standard InChI is InChI=1S/C19H22ClN3O/c1-21-19(22-12-14-5-4-6-16(20)11-14)23-13-15-9-10-24-18-8-3-2-7-17(15)18/h2-8,11,15H,9-10,12-13H2,1H3,(H2,21,22,23). The van der Waals surface area contributed by atoms with Gasteiger partial charge in [0.25, 0.3) is 0 Å². The highest BCUT2D eigenvalue weighted by atomic mass is 35.5. The highest BCUT2D eigenvalue weighted by Gasteiger charge is 2.20. The number of nitrogens with one attached hydrogen (secondary N) is 2. The van der Waals surface area contributed by atoms with E-state index in [0.717, 1.165) is 41.9 Å². The summed E-state index contributed by atoms with van der Waals surface area (Å²) < 4.78 is 5.72. The van der Waals surface area contributed by atoms with Crippen molar-refractivity contribution < 1.29 is 4.74 Å². The smallest absolute Gasteiger partial charge is 0.191 e. The Morgan fingerprint density at radius 2 is 2.08 bits per heavy atom. The van der Waals surface area contributed by atoms with Crippen molar-refractivity contribution in [3.8, 4) is 5.75 Å². The second kappa shape index (κ2) is 8.06. The van der Waals surface area contributed by atoms with Gasteiger partial charge in [0.2, 0.25) is 0 Å². The molecule has 0 bridgehead atoms. The van der Waals surface area contributed by atoms with E-state index in [4.69, 9.17) is 16.3 Å². The van der Waals surface area contributed by atoms with Gasteiger partial charge in [-0.25, -0.2) is 0 Å². The van der Waals surface area contributed by atoms with Gasteiger partial charge in [0.05, 0.1) is 6.61 Å². The van der Waals surface area contributed by atoms with Crippen molar-refractivity contribution in [1.82, 2.24) is 10.6 Å². The first kappa shape index (κ1) is 16.7. The predicted octanol–water partition coefficient (Wildman–Crippen LogP) is 3.57. The van der Waals surface area contributed by atoms with Crippen LogP contribution in [0.2, 0.25) is 5.02 Å². The number of nitrogens with zero attached hydrogens (tertiary/aromatic N) is 1. The van der Waals surface area contributed by atoms with Gasteiger partial charge in [0, 0.05) is 31.1 Å². The molecule has 0 fully saturated rings. The Balaban J connectivity index is 1.55. The SMILES string of the molecule is CN=C(NCc1cccc(Cl)c1)NCC1CCOc2ccccc21. The molecule has 1 aliphatic rings. The lowest BCUT2D eigenvalue weighted by Crippen LogP contribution is -2.39. The Hall–Kier alpha value is -2.20. The molecule has 1 atom stereocenters. The maximum atomic E-state index is 6.02. The lowest BCUT2D eigenvalue weighted by atomic mass is 9.93. The Morgan fingerprint density at radius 1 is 1.21 bits per heavy atom. The third-order valence-corrected chi connectivity index (χ3v) is 4.41. The minimum absolute atomic E-state index is 0.430. The molecule has 3 rings (SSSR count). The van der Waals surface area contributed by atoms with Crippen molar-refractivity contribution in [2.24, 2.45) is 4.99 Å². The summed E-state index contributed by atoms with van der Waals surface area (Å²) in [6.45, 7) is 2.28. The van der Waals surface area contributed by atoms with Crippen LogP contribution in [0.3, 0.4) is 0 Å². The number of rotatable bonds is 4. The van der Waals surface area contributed by atoms with Crippen LogP contribution in [0.15, 0.2) is 53.5 Å². The Bertz CT molecular complexity index is 717. The molecule has 0 aromatic heterocycles. The molecule has 0 spiro atoms. The minimum atomic E-state index is 0.430. The molecule has 24 heavy (non-hydrogen) atoms. The van der Waals surface area contributed by atoms with Crippen molar-refractivity contribution in [2.75, 3.05) is 20.2 Å². The molecule has 5 heteroatoms. The maximum absolute atomic E-state index is 6.02. The molecular weight excluding hydrogens is 322 g/mol. The lowest BCUT2D eigenvalue weighted by molar-refractivity contribution is 0.267. The average Bonchev–Trinajstić information content (AvgIpc) is 2.62. The number of aliphatic imine (C=N–C) groups is 1. The van der Waals surface area contributed by atoms with Gasteiger partial charge < -0.3 is 15.4 Å². The van der Waals surface area contributed by atoms with Gasteiger partial charge in [-0.15, -0.1) is 0 Å². The number of ether oxygens (including phenoxy) is 1. The quantitative estimate of drug-likeness (QED) is 0.659. The van der Waals surface area contributed by atoms with E-state index in [1.165, 1.54) is 5.56 Å². The number of hydrogen-bond acceptors (Lipinski definition) is 2. The number of para-hydroxylation sites is 1. The molecule has 0 saturated heterocycles. The number of hydrogen-bond donors (Lipinski definition) is 2. The van der Waals surface area contributed by atoms with E-state index < -0.39 is 0 Å². The van der Waals surface area contributed by atoms with E-state index in [0.29, 0.717) is 12.5 Å². The van der Waals surface area contributed by atoms with Gasteiger partial charge in [-0.3, -0.25) is 4.99 Å². The van der Waals surface area contributed by atoms with E-state index >= 15 is 0 Å². The van der Waals surface area contributed by atoms with Crippen LogP contribution in [-0.2, 0) is 6.54 Å². The Kier molecular flexibility index (Phi) is 5.59. The first-order valence-electron chi connectivity index (χ1n) is 8.17. The molecule has 0 radical (unpaired) electrons. The van der Waals surface area contributed by atoms with Crippen LogP contribution in [0.5, 0.6) is 5.75 Å². The normalized spacial score (nSPS) is 16.9. The summed E-state index contributed by atoms with van der Waals surface area (Å²) in [4.78, 5) is 4.30. The molecule has 0 amide bonds. The van der Waals surface area contributed by atoms with E-state index in [-0.39, 0.29) is 0 Å². The molecule has 2 N–H and O–H groups in total. The minimum Gasteiger partial charge on any atom is -0.493 e. The fourth-order valence-corrected chi connectivity index (χ4v) is 3.11. The first-order valence-corrected chi connectivity index (χ1v) is 8.55. The predicted molar refractivity (Wildman–Crippen MR) is 98.9 cm³/mol. The summed E-state index contributed by atoms with van der Waals surface area (Å²) in [6, 6.07) is 16.1. The van der Waals surface area contributed by atoms with Gasteiger partial charge >= 0.3 is 0 Å². The third kappa shape index (κ3) is 4.20. The summed E-state index contributed by atoms with van der Waals surface area (Å²) >= 11 is 6.02. The average molecular weight is 344 g/mol. The molecule has 126 valence electrons. The van der Waals surface area contributed by atoms with Gasteiger partial charge in [0.15, 0.2) is 5.96 Å². The van der Waals surface area contributed by atoms with E-state index in [2.05, 4.69) is 27.8 Å². The summed E-state index contributed by atoms with van der Waals surface area (Å²) in [5, 5.41) is 7.49. The number of benzene rings is 2. The second-order valence-electron chi connectivity index (χ2n) is 5.81. The topological polar surface area (TPSA) is 45.7 Å². The summed E-state index contributed by atoms with van der Waals surface area (Å²) in [6.07, 6.45) is 1.01. The van der Waals surface area contributed by atoms with E-state index in [1.54, 1.807) is 7.05 Å². The Labute approximate surface area is 147 Å². The molecule has 1 unspecified atom stereocenters. The molecule has 1 aliphatic heterocycles. The monoisotopic (exact) mass is 343 g/mol. The molecule has 4 nitrogen and oxygen atoms in total. The van der Waals surface area contributed by atoms with Crippen LogP contribution >= 0.6 is 11.6 Å². The highest BCUT2D eigenvalue weighted by Crippen LogP contribution is 2.32. The molecule has 2 aromatic rings. The fraction of sp³-hybridized carbons (Fsp3) is 0.316. The number of guanidine groups is 1. The van der Waals surface area contributed by atoms with E-state index in [9.17, 15) is 0 Å². The largest absolute Gasteiger partial charge is 0.493 e. The molecule has 1 heterocycles. The van der Waals surface area contributed by atoms with Crippen LogP contribution in [0.4, 0.5) is 0 Å². The zero-order chi connectivity index (χ0) is 16.8. The molecule has 0 saturated carbocycles. The zero-order valence-corrected chi connectivity index (χ0v) is 14.5. The highest BCUT2D eigenvalue weighted by molar-refractivity contribution is 6.30. The summed E-state index contributed by atoms with van der Waals surface area (Å²) in [5.41, 5.74) is 2.39. The van der Waals surface area contributed by atoms with Crippen LogP contribution in [-0.4, -0.2) is 26.2 Å². The fourth-order valence-electron chi connectivity index (χ4n) is 2.90. The van der Waals surface area contributed by atoms with E-state index in [1.807, 2.05) is 36.4 Å². The van der Waals surface area contributed by atoms with Crippen molar-refractivity contribution in [2.45, 2.75) is 18.9 Å². The zero-order valence-electron chi connectivity index (χ0n) is 13.8. The van der Waals surface area contributed by atoms with Crippen LogP contribution in [0, 0.1) is 0 Å².